The number of fused-ring (bicyclic) bond motifs is 1. The highest BCUT2D eigenvalue weighted by Gasteiger charge is 2.41. The van der Waals surface area contributed by atoms with E-state index >= 15 is 0 Å². The van der Waals surface area contributed by atoms with Gasteiger partial charge in [-0.25, -0.2) is 0 Å². The van der Waals surface area contributed by atoms with E-state index in [0.29, 0.717) is 28.8 Å². The Morgan fingerprint density at radius 3 is 2.71 bits per heavy atom. The average molecular weight is 301 g/mol. The van der Waals surface area contributed by atoms with E-state index in [0.717, 1.165) is 0 Å². The molecular weight excluding hydrogens is 288 g/mol. The van der Waals surface area contributed by atoms with E-state index in [1.807, 2.05) is 0 Å². The van der Waals surface area contributed by atoms with E-state index in [1.54, 1.807) is 18.2 Å². The Morgan fingerprint density at radius 2 is 2.06 bits per heavy atom. The number of rotatable bonds is 2. The second-order valence-corrected chi connectivity index (χ2v) is 5.00. The minimum Gasteiger partial charge on any atom is -0.492 e. The van der Waals surface area contributed by atoms with E-state index in [-0.39, 0.29) is 19.0 Å². The lowest BCUT2D eigenvalue weighted by Gasteiger charge is -2.25. The maximum atomic E-state index is 12.4. The van der Waals surface area contributed by atoms with Crippen molar-refractivity contribution < 1.29 is 19.7 Å². The zero-order valence-corrected chi connectivity index (χ0v) is 10.7. The molecule has 0 radical (unpaired) electrons. The number of ketones is 1. The van der Waals surface area contributed by atoms with Crippen LogP contribution in [0.3, 0.4) is 0 Å². The second kappa shape index (κ2) is 4.76. The number of aliphatic hydroxyl groups excluding tert-OH is 2. The van der Waals surface area contributed by atoms with Crippen LogP contribution in [0.1, 0.15) is 16.8 Å². The Morgan fingerprint density at radius 1 is 1.35 bits per heavy atom. The summed E-state index contributed by atoms with van der Waals surface area (Å²) in [5, 5.41) is 18.8. The molecule has 92 valence electrons. The predicted octanol–water partition coefficient (Wildman–Crippen LogP) is 1.39. The van der Waals surface area contributed by atoms with Crippen molar-refractivity contribution in [2.45, 2.75) is 6.42 Å². The molecule has 0 saturated carbocycles. The van der Waals surface area contributed by atoms with E-state index in [1.165, 1.54) is 0 Å². The van der Waals surface area contributed by atoms with Gasteiger partial charge in [-0.3, -0.25) is 4.79 Å². The zero-order chi connectivity index (χ0) is 12.5. The summed E-state index contributed by atoms with van der Waals surface area (Å²) in [5.74, 6) is 0.220. The summed E-state index contributed by atoms with van der Waals surface area (Å²) in [7, 11) is 0. The van der Waals surface area contributed by atoms with E-state index < -0.39 is 5.41 Å². The molecule has 2 N–H and O–H groups in total. The largest absolute Gasteiger partial charge is 0.492 e. The summed E-state index contributed by atoms with van der Waals surface area (Å²) < 4.78 is 6.22. The fraction of sp³-hybridized carbons (Fsp3) is 0.417. The molecule has 0 spiro atoms. The molecule has 1 aromatic rings. The zero-order valence-electron chi connectivity index (χ0n) is 9.15. The van der Waals surface area contributed by atoms with Crippen molar-refractivity contribution in [3.63, 3.8) is 0 Å². The maximum Gasteiger partial charge on any atom is 0.177 e. The Bertz CT molecular complexity index is 440. The number of halogens is 1. The van der Waals surface area contributed by atoms with E-state index in [9.17, 15) is 15.0 Å². The summed E-state index contributed by atoms with van der Waals surface area (Å²) in [6.45, 7) is -0.461. The number of hydrogen-bond donors (Lipinski definition) is 2. The molecule has 0 aliphatic carbocycles. The number of carbonyl (C=O) groups excluding carboxylic acids is 1. The van der Waals surface area contributed by atoms with Crippen LogP contribution in [0.4, 0.5) is 0 Å². The van der Waals surface area contributed by atoms with Gasteiger partial charge in [-0.05, 0) is 34.5 Å². The fourth-order valence-corrected chi connectivity index (χ4v) is 2.41. The molecule has 5 heteroatoms. The highest BCUT2D eigenvalue weighted by atomic mass is 79.9. The van der Waals surface area contributed by atoms with Crippen LogP contribution in [0.15, 0.2) is 22.7 Å². The van der Waals surface area contributed by atoms with Crippen LogP contribution in [0, 0.1) is 5.41 Å². The van der Waals surface area contributed by atoms with Crippen molar-refractivity contribution in [1.29, 1.82) is 0 Å². The molecule has 1 heterocycles. The van der Waals surface area contributed by atoms with Crippen LogP contribution in [0.5, 0.6) is 5.75 Å². The first kappa shape index (κ1) is 12.5. The highest BCUT2D eigenvalue weighted by molar-refractivity contribution is 9.10. The summed E-state index contributed by atoms with van der Waals surface area (Å²) in [4.78, 5) is 12.4. The molecule has 0 atom stereocenters. The van der Waals surface area contributed by atoms with Gasteiger partial charge in [0.15, 0.2) is 5.78 Å². The Kier molecular flexibility index (Phi) is 3.51. The minimum atomic E-state index is -1.13. The maximum absolute atomic E-state index is 12.4. The standard InChI is InChI=1S/C12H13BrO4/c13-9-3-1-2-8-10(9)17-5-4-12(6-14,7-15)11(8)16/h1-3,14-15H,4-7H2. The fourth-order valence-electron chi connectivity index (χ4n) is 1.93. The Hall–Kier alpha value is -0.910. The number of ether oxygens (including phenoxy) is 1. The number of aliphatic hydroxyl groups is 2. The van der Waals surface area contributed by atoms with Crippen LogP contribution in [0.2, 0.25) is 0 Å². The smallest absolute Gasteiger partial charge is 0.177 e. The number of carbonyl (C=O) groups is 1. The van der Waals surface area contributed by atoms with Crippen molar-refractivity contribution in [2.75, 3.05) is 19.8 Å². The molecule has 1 aromatic carbocycles. The van der Waals surface area contributed by atoms with Crippen molar-refractivity contribution in [3.05, 3.63) is 28.2 Å². The normalized spacial score (nSPS) is 18.2. The van der Waals surface area contributed by atoms with Gasteiger partial charge in [0.2, 0.25) is 0 Å². The summed E-state index contributed by atoms with van der Waals surface area (Å²) in [6, 6.07) is 5.17. The van der Waals surface area contributed by atoms with Gasteiger partial charge in [-0.15, -0.1) is 0 Å². The lowest BCUT2D eigenvalue weighted by atomic mass is 9.79. The minimum absolute atomic E-state index is 0.267. The third-order valence-corrected chi connectivity index (χ3v) is 3.75. The van der Waals surface area contributed by atoms with Crippen molar-refractivity contribution in [3.8, 4) is 5.75 Å². The van der Waals surface area contributed by atoms with E-state index in [4.69, 9.17) is 4.74 Å². The Balaban J connectivity index is 2.54. The molecule has 0 unspecified atom stereocenters. The second-order valence-electron chi connectivity index (χ2n) is 4.14. The van der Waals surface area contributed by atoms with E-state index in [2.05, 4.69) is 15.9 Å². The van der Waals surface area contributed by atoms with Gasteiger partial charge in [-0.1, -0.05) is 6.07 Å². The molecule has 0 amide bonds. The van der Waals surface area contributed by atoms with Crippen LogP contribution >= 0.6 is 15.9 Å². The number of para-hydroxylation sites is 1. The van der Waals surface area contributed by atoms with Crippen LogP contribution in [-0.4, -0.2) is 35.8 Å². The number of hydrogen-bond acceptors (Lipinski definition) is 4. The van der Waals surface area contributed by atoms with Gasteiger partial charge in [0.1, 0.15) is 5.75 Å². The summed E-state index contributed by atoms with van der Waals surface area (Å²) in [6.07, 6.45) is 0.306. The molecule has 0 aromatic heterocycles. The summed E-state index contributed by atoms with van der Waals surface area (Å²) in [5.41, 5.74) is -0.730. The van der Waals surface area contributed by atoms with Gasteiger partial charge in [0.05, 0.1) is 35.3 Å². The quantitative estimate of drug-likeness (QED) is 0.866. The van der Waals surface area contributed by atoms with Crippen LogP contribution < -0.4 is 4.74 Å². The van der Waals surface area contributed by atoms with Crippen LogP contribution in [-0.2, 0) is 0 Å². The Labute approximate surface area is 107 Å². The van der Waals surface area contributed by atoms with Gasteiger partial charge < -0.3 is 14.9 Å². The molecule has 17 heavy (non-hydrogen) atoms. The number of benzene rings is 1. The van der Waals surface area contributed by atoms with Crippen molar-refractivity contribution in [2.24, 2.45) is 5.41 Å². The third kappa shape index (κ3) is 1.99. The van der Waals surface area contributed by atoms with Crippen molar-refractivity contribution >= 4 is 21.7 Å². The average Bonchev–Trinajstić information content (AvgIpc) is 2.49. The first-order valence-corrected chi connectivity index (χ1v) is 6.12. The molecule has 2 rings (SSSR count). The first-order chi connectivity index (χ1) is 8.14. The SMILES string of the molecule is O=C1c2cccc(Br)c2OCCC1(CO)CO. The first-order valence-electron chi connectivity index (χ1n) is 5.32. The predicted molar refractivity (Wildman–Crippen MR) is 65.2 cm³/mol. The third-order valence-electron chi connectivity index (χ3n) is 3.13. The summed E-state index contributed by atoms with van der Waals surface area (Å²) >= 11 is 3.32. The lowest BCUT2D eigenvalue weighted by molar-refractivity contribution is 0.0345. The molecule has 1 aliphatic rings. The molecule has 0 bridgehead atoms. The highest BCUT2D eigenvalue weighted by Crippen LogP contribution is 2.38. The monoisotopic (exact) mass is 300 g/mol. The molecule has 0 fully saturated rings. The van der Waals surface area contributed by atoms with Gasteiger partial charge >= 0.3 is 0 Å². The molecule has 0 saturated heterocycles. The molecule has 4 nitrogen and oxygen atoms in total. The molecule has 1 aliphatic heterocycles. The van der Waals surface area contributed by atoms with Crippen molar-refractivity contribution in [1.82, 2.24) is 0 Å². The van der Waals surface area contributed by atoms with Gasteiger partial charge in [0.25, 0.3) is 0 Å². The van der Waals surface area contributed by atoms with Gasteiger partial charge in [0, 0.05) is 0 Å². The molecular formula is C12H13BrO4. The topological polar surface area (TPSA) is 66.8 Å². The number of Topliss-reactive ketones (excluding diaryl/α,β-unsaturated/α-hetero) is 1. The van der Waals surface area contributed by atoms with Gasteiger partial charge in [-0.2, -0.15) is 0 Å². The van der Waals surface area contributed by atoms with Crippen LogP contribution in [0.25, 0.3) is 0 Å². The lowest BCUT2D eigenvalue weighted by Crippen LogP contribution is -2.38.